The molecule has 1 fully saturated rings. The standard InChI is InChI=1S/C25H20ClN5O4S/c26-13-5-12-6-19(24-16-9-27-4-3-17(16)30-35-24)34-23(12)15(7-13)22-25-18(28-11-29-22)8-14(36-25)10-31-20(32)1-2-21(31)33/h5,7-8,11,19,27H,1-4,6,9-10H2. The van der Waals surface area contributed by atoms with Gasteiger partial charge in [0.1, 0.15) is 12.1 Å². The highest BCUT2D eigenvalue weighted by Gasteiger charge is 2.35. The Morgan fingerprint density at radius 2 is 2.00 bits per heavy atom. The number of fused-ring (bicyclic) bond motifs is 3. The number of amides is 2. The first kappa shape index (κ1) is 21.9. The maximum absolute atomic E-state index is 12.1. The maximum atomic E-state index is 12.1. The number of ether oxygens (including phenoxy) is 1. The topological polar surface area (TPSA) is 110 Å². The van der Waals surface area contributed by atoms with Crippen LogP contribution in [0.1, 0.15) is 46.4 Å². The SMILES string of the molecule is O=C1CCC(=O)N1Cc1cc2ncnc(-c3cc(Cl)cc4c3OC(c3onc5c3CNCC5)C4)c2s1. The number of nitrogens with one attached hydrogen (secondary N) is 1. The minimum Gasteiger partial charge on any atom is -0.481 e. The fourth-order valence-electron chi connectivity index (χ4n) is 5.19. The van der Waals surface area contributed by atoms with Crippen LogP contribution in [-0.2, 0) is 35.5 Å². The van der Waals surface area contributed by atoms with E-state index < -0.39 is 0 Å². The van der Waals surface area contributed by atoms with Crippen molar-refractivity contribution >= 4 is 45.0 Å². The van der Waals surface area contributed by atoms with E-state index in [0.29, 0.717) is 23.7 Å². The Morgan fingerprint density at radius 3 is 2.86 bits per heavy atom. The second-order valence-electron chi connectivity index (χ2n) is 9.17. The molecule has 6 heterocycles. The number of thiophene rings is 1. The number of rotatable bonds is 4. The van der Waals surface area contributed by atoms with E-state index in [1.165, 1.54) is 22.6 Å². The highest BCUT2D eigenvalue weighted by Crippen LogP contribution is 2.47. The van der Waals surface area contributed by atoms with Gasteiger partial charge in [0.05, 0.1) is 28.1 Å². The van der Waals surface area contributed by atoms with Crippen LogP contribution in [0.25, 0.3) is 21.5 Å². The van der Waals surface area contributed by atoms with Crippen molar-refractivity contribution in [2.75, 3.05) is 6.54 Å². The first-order valence-electron chi connectivity index (χ1n) is 11.8. The zero-order valence-corrected chi connectivity index (χ0v) is 20.6. The number of hydrogen-bond acceptors (Lipinski definition) is 9. The van der Waals surface area contributed by atoms with Gasteiger partial charge >= 0.3 is 0 Å². The van der Waals surface area contributed by atoms with Crippen molar-refractivity contribution in [2.45, 2.75) is 44.9 Å². The number of benzene rings is 1. The van der Waals surface area contributed by atoms with E-state index in [1.54, 1.807) is 0 Å². The Bertz CT molecular complexity index is 1550. The van der Waals surface area contributed by atoms with Crippen LogP contribution in [0.3, 0.4) is 0 Å². The zero-order valence-electron chi connectivity index (χ0n) is 19.0. The quantitative estimate of drug-likeness (QED) is 0.402. The van der Waals surface area contributed by atoms with Crippen molar-refractivity contribution in [3.8, 4) is 17.0 Å². The number of aromatic nitrogens is 3. The lowest BCUT2D eigenvalue weighted by Crippen LogP contribution is -2.27. The van der Waals surface area contributed by atoms with Crippen molar-refractivity contribution in [3.63, 3.8) is 0 Å². The molecular formula is C25H20ClN5O4S. The van der Waals surface area contributed by atoms with Gasteiger partial charge in [-0.25, -0.2) is 9.97 Å². The van der Waals surface area contributed by atoms with Crippen LogP contribution in [0, 0.1) is 0 Å². The molecule has 11 heteroatoms. The van der Waals surface area contributed by atoms with Crippen LogP contribution in [0.15, 0.2) is 29.0 Å². The summed E-state index contributed by atoms with van der Waals surface area (Å²) >= 11 is 8.02. The Balaban J connectivity index is 1.27. The molecule has 1 aromatic carbocycles. The Morgan fingerprint density at radius 1 is 1.14 bits per heavy atom. The lowest BCUT2D eigenvalue weighted by atomic mass is 10.0. The highest BCUT2D eigenvalue weighted by atomic mass is 35.5. The molecule has 0 spiro atoms. The molecule has 36 heavy (non-hydrogen) atoms. The first-order valence-corrected chi connectivity index (χ1v) is 13.0. The molecule has 9 nitrogen and oxygen atoms in total. The second kappa shape index (κ2) is 8.36. The summed E-state index contributed by atoms with van der Waals surface area (Å²) in [6.07, 6.45) is 3.21. The Hall–Kier alpha value is -3.34. The van der Waals surface area contributed by atoms with Gasteiger partial charge < -0.3 is 14.6 Å². The van der Waals surface area contributed by atoms with E-state index in [9.17, 15) is 9.59 Å². The number of likely N-dealkylation sites (tertiary alicyclic amines) is 1. The average molecular weight is 522 g/mol. The molecule has 3 aliphatic heterocycles. The third kappa shape index (κ3) is 3.51. The van der Waals surface area contributed by atoms with Gasteiger partial charge in [-0.3, -0.25) is 14.5 Å². The van der Waals surface area contributed by atoms with Gasteiger partial charge in [-0.2, -0.15) is 0 Å². The lowest BCUT2D eigenvalue weighted by Gasteiger charge is -2.15. The number of hydrogen-bond donors (Lipinski definition) is 1. The zero-order chi connectivity index (χ0) is 24.4. The van der Waals surface area contributed by atoms with E-state index in [-0.39, 0.29) is 37.3 Å². The van der Waals surface area contributed by atoms with Gasteiger partial charge in [-0.1, -0.05) is 16.8 Å². The van der Waals surface area contributed by atoms with Gasteiger partial charge in [0.25, 0.3) is 0 Å². The third-order valence-corrected chi connectivity index (χ3v) is 8.25. The van der Waals surface area contributed by atoms with Gasteiger partial charge in [0, 0.05) is 65.4 Å². The van der Waals surface area contributed by atoms with Crippen LogP contribution in [-0.4, -0.2) is 38.4 Å². The monoisotopic (exact) mass is 521 g/mol. The normalized spacial score (nSPS) is 19.1. The van der Waals surface area contributed by atoms with Gasteiger partial charge in [0.15, 0.2) is 11.9 Å². The summed E-state index contributed by atoms with van der Waals surface area (Å²) in [4.78, 5) is 35.4. The summed E-state index contributed by atoms with van der Waals surface area (Å²) in [5, 5.41) is 8.23. The molecule has 1 N–H and O–H groups in total. The molecule has 0 saturated carbocycles. The van der Waals surface area contributed by atoms with E-state index >= 15 is 0 Å². The van der Waals surface area contributed by atoms with E-state index in [1.807, 2.05) is 18.2 Å². The summed E-state index contributed by atoms with van der Waals surface area (Å²) in [6.45, 7) is 1.84. The summed E-state index contributed by atoms with van der Waals surface area (Å²) in [5.41, 5.74) is 5.27. The first-order chi connectivity index (χ1) is 17.5. The smallest absolute Gasteiger partial charge is 0.230 e. The van der Waals surface area contributed by atoms with Gasteiger partial charge in [0.2, 0.25) is 11.8 Å². The minimum absolute atomic E-state index is 0.138. The molecule has 3 aromatic heterocycles. The summed E-state index contributed by atoms with van der Waals surface area (Å²) in [6, 6.07) is 5.69. The predicted octanol–water partition coefficient (Wildman–Crippen LogP) is 3.97. The lowest BCUT2D eigenvalue weighted by molar-refractivity contribution is -0.138. The Kier molecular flexibility index (Phi) is 5.09. The molecule has 3 aliphatic rings. The average Bonchev–Trinajstić information content (AvgIpc) is 3.65. The van der Waals surface area contributed by atoms with Crippen LogP contribution in [0.4, 0.5) is 0 Å². The predicted molar refractivity (Wildman–Crippen MR) is 132 cm³/mol. The second-order valence-corrected chi connectivity index (χ2v) is 10.7. The minimum atomic E-state index is -0.295. The fraction of sp³-hybridized carbons (Fsp3) is 0.320. The molecule has 0 radical (unpaired) electrons. The highest BCUT2D eigenvalue weighted by molar-refractivity contribution is 7.19. The number of imide groups is 1. The molecule has 0 aliphatic carbocycles. The molecule has 1 saturated heterocycles. The number of carbonyl (C=O) groups excluding carboxylic acids is 2. The van der Waals surface area contributed by atoms with Crippen molar-refractivity contribution in [3.05, 3.63) is 57.0 Å². The third-order valence-electron chi connectivity index (χ3n) is 6.91. The largest absolute Gasteiger partial charge is 0.481 e. The molecule has 1 unspecified atom stereocenters. The number of nitrogens with zero attached hydrogens (tertiary/aromatic N) is 4. The van der Waals surface area contributed by atoms with Crippen LogP contribution < -0.4 is 10.1 Å². The molecule has 4 aromatic rings. The van der Waals surface area contributed by atoms with Crippen LogP contribution in [0.2, 0.25) is 5.02 Å². The molecular weight excluding hydrogens is 502 g/mol. The Labute approximate surface area is 214 Å². The summed E-state index contributed by atoms with van der Waals surface area (Å²) in [5.74, 6) is 1.20. The van der Waals surface area contributed by atoms with Crippen molar-refractivity contribution in [2.24, 2.45) is 0 Å². The number of carbonyl (C=O) groups is 2. The molecule has 0 bridgehead atoms. The van der Waals surface area contributed by atoms with E-state index in [0.717, 1.165) is 62.0 Å². The summed E-state index contributed by atoms with van der Waals surface area (Å²) < 4.78 is 13.1. The molecule has 7 rings (SSSR count). The molecule has 1 atom stereocenters. The molecule has 2 amide bonds. The van der Waals surface area contributed by atoms with Crippen LogP contribution in [0.5, 0.6) is 5.75 Å². The van der Waals surface area contributed by atoms with Crippen molar-refractivity contribution in [1.82, 2.24) is 25.3 Å². The van der Waals surface area contributed by atoms with Crippen molar-refractivity contribution < 1.29 is 18.8 Å². The van der Waals surface area contributed by atoms with Gasteiger partial charge in [-0.15, -0.1) is 11.3 Å². The van der Waals surface area contributed by atoms with Crippen molar-refractivity contribution in [1.29, 1.82) is 0 Å². The van der Waals surface area contributed by atoms with Crippen LogP contribution >= 0.6 is 22.9 Å². The summed E-state index contributed by atoms with van der Waals surface area (Å²) in [7, 11) is 0. The van der Waals surface area contributed by atoms with E-state index in [2.05, 4.69) is 20.4 Å². The number of halogens is 1. The van der Waals surface area contributed by atoms with Gasteiger partial charge in [-0.05, 0) is 18.2 Å². The molecule has 182 valence electrons. The maximum Gasteiger partial charge on any atom is 0.230 e. The fourth-order valence-corrected chi connectivity index (χ4v) is 6.53. The van der Waals surface area contributed by atoms with E-state index in [4.69, 9.17) is 20.9 Å².